The van der Waals surface area contributed by atoms with Crippen molar-refractivity contribution in [3.8, 4) is 0 Å². The third-order valence-corrected chi connectivity index (χ3v) is 4.96. The van der Waals surface area contributed by atoms with Gasteiger partial charge in [0.05, 0.1) is 0 Å². The highest BCUT2D eigenvalue weighted by Gasteiger charge is 2.33. The summed E-state index contributed by atoms with van der Waals surface area (Å²) in [5.41, 5.74) is -2.70. The van der Waals surface area contributed by atoms with E-state index in [1.165, 1.54) is 5.56 Å². The SMILES string of the molecule is CC(C)C(CC(C)(C)C)c1ccc(C(C)(C)NSC(F)(F)F)cc1. The first-order chi connectivity index (χ1) is 10.7. The van der Waals surface area contributed by atoms with Crippen molar-refractivity contribution in [2.45, 2.75) is 71.9 Å². The van der Waals surface area contributed by atoms with Crippen molar-refractivity contribution >= 4 is 11.9 Å². The maximum Gasteiger partial charge on any atom is 0.456 e. The maximum absolute atomic E-state index is 12.4. The number of nitrogens with one attached hydrogen (secondary N) is 1. The van der Waals surface area contributed by atoms with Crippen LogP contribution in [0.1, 0.15) is 71.9 Å². The number of rotatable bonds is 6. The summed E-state index contributed by atoms with van der Waals surface area (Å²) in [6.07, 6.45) is 1.08. The van der Waals surface area contributed by atoms with Crippen LogP contribution in [0.25, 0.3) is 0 Å². The highest BCUT2D eigenvalue weighted by atomic mass is 32.2. The van der Waals surface area contributed by atoms with Crippen LogP contribution in [0.3, 0.4) is 0 Å². The van der Waals surface area contributed by atoms with Gasteiger partial charge < -0.3 is 0 Å². The lowest BCUT2D eigenvalue weighted by Gasteiger charge is -2.30. The molecule has 0 bridgehead atoms. The van der Waals surface area contributed by atoms with Crippen molar-refractivity contribution in [1.29, 1.82) is 0 Å². The Bertz CT molecular complexity index is 513. The Hall–Kier alpha value is -0.680. The molecule has 1 aromatic rings. The normalized spacial score (nSPS) is 15.0. The van der Waals surface area contributed by atoms with Crippen LogP contribution in [0, 0.1) is 11.3 Å². The largest absolute Gasteiger partial charge is 0.456 e. The van der Waals surface area contributed by atoms with Gasteiger partial charge in [0.2, 0.25) is 0 Å². The van der Waals surface area contributed by atoms with E-state index in [-0.39, 0.29) is 17.4 Å². The van der Waals surface area contributed by atoms with E-state index in [0.717, 1.165) is 12.0 Å². The average Bonchev–Trinajstić information content (AvgIpc) is 2.41. The number of alkyl halides is 3. The van der Waals surface area contributed by atoms with Gasteiger partial charge in [-0.25, -0.2) is 4.72 Å². The molecule has 1 rings (SSSR count). The minimum absolute atomic E-state index is 0.191. The summed E-state index contributed by atoms with van der Waals surface area (Å²) >= 11 is -0.191. The van der Waals surface area contributed by atoms with E-state index in [1.807, 2.05) is 12.1 Å². The summed E-state index contributed by atoms with van der Waals surface area (Å²) in [6, 6.07) is 8.01. The van der Waals surface area contributed by atoms with Crippen LogP contribution in [0.4, 0.5) is 13.2 Å². The van der Waals surface area contributed by atoms with Crippen LogP contribution < -0.4 is 4.72 Å². The molecule has 1 aromatic carbocycles. The third kappa shape index (κ3) is 7.06. The quantitative estimate of drug-likeness (QED) is 0.556. The second kappa shape index (κ2) is 7.69. The summed E-state index contributed by atoms with van der Waals surface area (Å²) in [5, 5.41) is 0. The molecule has 138 valence electrons. The number of halogens is 3. The van der Waals surface area contributed by atoms with Crippen molar-refractivity contribution in [1.82, 2.24) is 4.72 Å². The van der Waals surface area contributed by atoms with Crippen LogP contribution in [0.2, 0.25) is 0 Å². The summed E-state index contributed by atoms with van der Waals surface area (Å²) in [5.74, 6) is 0.960. The average molecular weight is 362 g/mol. The minimum atomic E-state index is -4.29. The zero-order valence-corrected chi connectivity index (χ0v) is 16.5. The molecule has 0 aliphatic carbocycles. The van der Waals surface area contributed by atoms with Crippen molar-refractivity contribution < 1.29 is 13.2 Å². The zero-order chi connectivity index (χ0) is 18.8. The predicted octanol–water partition coefficient (Wildman–Crippen LogP) is 6.86. The molecule has 0 amide bonds. The highest BCUT2D eigenvalue weighted by Crippen LogP contribution is 2.37. The van der Waals surface area contributed by atoms with Gasteiger partial charge in [0, 0.05) is 17.5 Å². The van der Waals surface area contributed by atoms with Gasteiger partial charge in [-0.15, -0.1) is 0 Å². The molecule has 0 saturated heterocycles. The lowest BCUT2D eigenvalue weighted by atomic mass is 9.76. The number of benzene rings is 1. The molecular weight excluding hydrogens is 331 g/mol. The molecule has 0 spiro atoms. The summed E-state index contributed by atoms with van der Waals surface area (Å²) in [4.78, 5) is 0. The lowest BCUT2D eigenvalue weighted by molar-refractivity contribution is -0.0341. The molecule has 0 aliphatic rings. The topological polar surface area (TPSA) is 12.0 Å². The fourth-order valence-electron chi connectivity index (χ4n) is 2.79. The molecule has 0 radical (unpaired) electrons. The fourth-order valence-corrected chi connectivity index (χ4v) is 3.28. The van der Waals surface area contributed by atoms with E-state index in [0.29, 0.717) is 11.8 Å². The van der Waals surface area contributed by atoms with E-state index in [1.54, 1.807) is 13.8 Å². The first kappa shape index (κ1) is 21.4. The highest BCUT2D eigenvalue weighted by molar-refractivity contribution is 7.98. The molecule has 0 saturated carbocycles. The molecule has 24 heavy (non-hydrogen) atoms. The van der Waals surface area contributed by atoms with Crippen LogP contribution in [0.5, 0.6) is 0 Å². The molecule has 0 aromatic heterocycles. The van der Waals surface area contributed by atoms with E-state index < -0.39 is 11.0 Å². The maximum atomic E-state index is 12.4. The monoisotopic (exact) mass is 361 g/mol. The van der Waals surface area contributed by atoms with E-state index in [4.69, 9.17) is 0 Å². The van der Waals surface area contributed by atoms with E-state index >= 15 is 0 Å². The summed E-state index contributed by atoms with van der Waals surface area (Å²) in [6.45, 7) is 14.7. The Balaban J connectivity index is 2.94. The Kier molecular flexibility index (Phi) is 6.85. The first-order valence-corrected chi connectivity index (χ1v) is 9.15. The van der Waals surface area contributed by atoms with Gasteiger partial charge in [0.25, 0.3) is 0 Å². The lowest BCUT2D eigenvalue weighted by Crippen LogP contribution is -2.33. The standard InChI is InChI=1S/C19H30F3NS/c1-13(2)16(12-17(3,4)5)14-8-10-15(11-9-14)18(6,7)23-24-19(20,21)22/h8-11,13,16,23H,12H2,1-7H3. The van der Waals surface area contributed by atoms with Crippen molar-refractivity contribution in [3.05, 3.63) is 35.4 Å². The molecule has 0 heterocycles. The number of hydrogen-bond donors (Lipinski definition) is 1. The molecule has 0 fully saturated rings. The Morgan fingerprint density at radius 1 is 0.958 bits per heavy atom. The second-order valence-electron chi connectivity index (χ2n) is 8.51. The third-order valence-electron chi connectivity index (χ3n) is 4.12. The van der Waals surface area contributed by atoms with Crippen molar-refractivity contribution in [2.75, 3.05) is 0 Å². The van der Waals surface area contributed by atoms with Crippen LogP contribution in [-0.4, -0.2) is 5.51 Å². The summed E-state index contributed by atoms with van der Waals surface area (Å²) in [7, 11) is 0. The van der Waals surface area contributed by atoms with Crippen LogP contribution in [0.15, 0.2) is 24.3 Å². The van der Waals surface area contributed by atoms with E-state index in [2.05, 4.69) is 51.5 Å². The van der Waals surface area contributed by atoms with Crippen LogP contribution >= 0.6 is 11.9 Å². The van der Waals surface area contributed by atoms with Gasteiger partial charge in [0.15, 0.2) is 0 Å². The van der Waals surface area contributed by atoms with Gasteiger partial charge in [-0.3, -0.25) is 0 Å². The van der Waals surface area contributed by atoms with Gasteiger partial charge in [-0.1, -0.05) is 58.9 Å². The van der Waals surface area contributed by atoms with Gasteiger partial charge in [-0.2, -0.15) is 13.2 Å². The van der Waals surface area contributed by atoms with E-state index in [9.17, 15) is 13.2 Å². The minimum Gasteiger partial charge on any atom is -0.247 e. The van der Waals surface area contributed by atoms with Gasteiger partial charge >= 0.3 is 5.51 Å². The molecule has 5 heteroatoms. The second-order valence-corrected chi connectivity index (χ2v) is 9.38. The first-order valence-electron chi connectivity index (χ1n) is 8.34. The Morgan fingerprint density at radius 2 is 1.46 bits per heavy atom. The van der Waals surface area contributed by atoms with Crippen molar-refractivity contribution in [2.24, 2.45) is 11.3 Å². The Morgan fingerprint density at radius 3 is 1.83 bits per heavy atom. The molecule has 1 N–H and O–H groups in total. The van der Waals surface area contributed by atoms with Gasteiger partial charge in [-0.05, 0) is 48.6 Å². The van der Waals surface area contributed by atoms with Gasteiger partial charge in [0.1, 0.15) is 0 Å². The smallest absolute Gasteiger partial charge is 0.247 e. The predicted molar refractivity (Wildman–Crippen MR) is 97.9 cm³/mol. The number of hydrogen-bond acceptors (Lipinski definition) is 2. The summed E-state index contributed by atoms with van der Waals surface area (Å²) < 4.78 is 39.8. The Labute approximate surface area is 148 Å². The van der Waals surface area contributed by atoms with Crippen LogP contribution in [-0.2, 0) is 5.54 Å². The molecular formula is C19H30F3NS. The molecule has 1 atom stereocenters. The van der Waals surface area contributed by atoms with Crippen molar-refractivity contribution in [3.63, 3.8) is 0 Å². The molecule has 1 nitrogen and oxygen atoms in total. The molecule has 1 unspecified atom stereocenters. The molecule has 0 aliphatic heterocycles. The fraction of sp³-hybridized carbons (Fsp3) is 0.684. The zero-order valence-electron chi connectivity index (χ0n) is 15.7.